The molecule has 3 aromatic heterocycles. The van der Waals surface area contributed by atoms with Crippen molar-refractivity contribution in [1.29, 1.82) is 0 Å². The van der Waals surface area contributed by atoms with Gasteiger partial charge < -0.3 is 20.3 Å². The van der Waals surface area contributed by atoms with E-state index in [4.69, 9.17) is 4.74 Å². The first-order valence-electron chi connectivity index (χ1n) is 10.2. The van der Waals surface area contributed by atoms with E-state index in [1.165, 1.54) is 24.4 Å². The predicted molar refractivity (Wildman–Crippen MR) is 117 cm³/mol. The van der Waals surface area contributed by atoms with E-state index in [1.807, 2.05) is 13.0 Å². The third-order valence-electron chi connectivity index (χ3n) is 5.09. The molecule has 1 unspecified atom stereocenters. The molecule has 1 atom stereocenters. The van der Waals surface area contributed by atoms with Crippen molar-refractivity contribution in [3.63, 3.8) is 0 Å². The first-order chi connectivity index (χ1) is 15.8. The summed E-state index contributed by atoms with van der Waals surface area (Å²) in [5.74, 6) is 0.0584. The molecule has 4 heterocycles. The number of amides is 1. The van der Waals surface area contributed by atoms with Crippen LogP contribution in [0.3, 0.4) is 0 Å². The van der Waals surface area contributed by atoms with E-state index in [-0.39, 0.29) is 23.6 Å². The minimum atomic E-state index is -4.47. The quantitative estimate of drug-likeness (QED) is 0.594. The first-order valence-corrected chi connectivity index (χ1v) is 10.2. The molecule has 2 N–H and O–H groups in total. The van der Waals surface area contributed by atoms with Crippen LogP contribution < -0.4 is 15.5 Å². The maximum absolute atomic E-state index is 12.9. The van der Waals surface area contributed by atoms with Crippen molar-refractivity contribution >= 4 is 28.9 Å². The molecule has 0 aliphatic carbocycles. The van der Waals surface area contributed by atoms with Gasteiger partial charge in [0.15, 0.2) is 0 Å². The summed E-state index contributed by atoms with van der Waals surface area (Å²) in [4.78, 5) is 27.1. The van der Waals surface area contributed by atoms with E-state index in [0.717, 1.165) is 18.0 Å². The van der Waals surface area contributed by atoms with Crippen LogP contribution in [0.4, 0.5) is 36.2 Å². The van der Waals surface area contributed by atoms with Crippen molar-refractivity contribution in [2.45, 2.75) is 19.1 Å². The second-order valence-corrected chi connectivity index (χ2v) is 7.45. The van der Waals surface area contributed by atoms with Gasteiger partial charge in [-0.15, -0.1) is 0 Å². The number of carbonyl (C=O) groups excluding carboxylic acids is 1. The second-order valence-electron chi connectivity index (χ2n) is 7.45. The van der Waals surface area contributed by atoms with Crippen LogP contribution in [-0.4, -0.2) is 46.7 Å². The molecule has 1 saturated heterocycles. The number of anilines is 4. The number of morpholine rings is 1. The topological polar surface area (TPSA) is 92.3 Å². The Balaban J connectivity index is 1.49. The Morgan fingerprint density at radius 1 is 1.12 bits per heavy atom. The number of ether oxygens (including phenoxy) is 1. The number of rotatable bonds is 5. The lowest BCUT2D eigenvalue weighted by atomic mass is 10.2. The molecule has 1 fully saturated rings. The summed E-state index contributed by atoms with van der Waals surface area (Å²) >= 11 is 0. The fourth-order valence-electron chi connectivity index (χ4n) is 3.42. The summed E-state index contributed by atoms with van der Waals surface area (Å²) in [6.45, 7) is 3.92. The van der Waals surface area contributed by atoms with Crippen molar-refractivity contribution in [2.75, 3.05) is 35.3 Å². The minimum Gasteiger partial charge on any atom is -0.377 e. The highest BCUT2D eigenvalue weighted by molar-refractivity contribution is 6.06. The highest BCUT2D eigenvalue weighted by atomic mass is 19.4. The highest BCUT2D eigenvalue weighted by Gasteiger charge is 2.30. The monoisotopic (exact) mass is 458 g/mol. The van der Waals surface area contributed by atoms with Crippen LogP contribution in [0.25, 0.3) is 0 Å². The molecule has 1 aliphatic heterocycles. The van der Waals surface area contributed by atoms with Gasteiger partial charge in [0.2, 0.25) is 0 Å². The fraction of sp³-hybridized carbons (Fsp3) is 0.273. The van der Waals surface area contributed by atoms with Gasteiger partial charge in [0, 0.05) is 36.7 Å². The molecular formula is C22H21F3N6O2. The molecule has 11 heteroatoms. The summed E-state index contributed by atoms with van der Waals surface area (Å²) in [6, 6.07) is 7.12. The average molecular weight is 458 g/mol. The maximum Gasteiger partial charge on any atom is 0.417 e. The Labute approximate surface area is 187 Å². The smallest absolute Gasteiger partial charge is 0.377 e. The zero-order valence-electron chi connectivity index (χ0n) is 17.6. The van der Waals surface area contributed by atoms with E-state index in [2.05, 4.69) is 30.5 Å². The Bertz CT molecular complexity index is 1120. The van der Waals surface area contributed by atoms with Crippen molar-refractivity contribution in [3.05, 3.63) is 66.2 Å². The average Bonchev–Trinajstić information content (AvgIpc) is 2.80. The normalized spacial score (nSPS) is 16.4. The van der Waals surface area contributed by atoms with Gasteiger partial charge in [0.05, 0.1) is 36.3 Å². The number of pyridine rings is 3. The Kier molecular flexibility index (Phi) is 6.40. The molecule has 0 aromatic carbocycles. The Morgan fingerprint density at radius 2 is 1.97 bits per heavy atom. The summed E-state index contributed by atoms with van der Waals surface area (Å²) < 4.78 is 43.6. The van der Waals surface area contributed by atoms with E-state index < -0.39 is 11.7 Å². The van der Waals surface area contributed by atoms with E-state index >= 15 is 0 Å². The number of hydrogen-bond acceptors (Lipinski definition) is 7. The number of aromatic nitrogens is 3. The van der Waals surface area contributed by atoms with Gasteiger partial charge in [-0.25, -0.2) is 9.97 Å². The van der Waals surface area contributed by atoms with Gasteiger partial charge >= 0.3 is 6.18 Å². The molecule has 1 aliphatic rings. The standard InChI is InChI=1S/C22H21F3N6O2/c1-14-13-33-9-8-31(14)18-5-6-26-12-17(18)29-21(32)15-4-7-27-20(10-15)30-19-3-2-16(11-28-19)22(23,24)25/h2-7,10-12,14H,8-9,13H2,1H3,(H,29,32)(H,27,28,30). The molecule has 1 amide bonds. The lowest BCUT2D eigenvalue weighted by Gasteiger charge is -2.36. The number of nitrogens with zero attached hydrogens (tertiary/aromatic N) is 4. The highest BCUT2D eigenvalue weighted by Crippen LogP contribution is 2.30. The van der Waals surface area contributed by atoms with Crippen LogP contribution in [-0.2, 0) is 10.9 Å². The maximum atomic E-state index is 12.9. The van der Waals surface area contributed by atoms with Gasteiger partial charge in [-0.1, -0.05) is 0 Å². The predicted octanol–water partition coefficient (Wildman–Crippen LogP) is 4.11. The van der Waals surface area contributed by atoms with Crippen LogP contribution in [0.1, 0.15) is 22.8 Å². The Hall–Kier alpha value is -3.73. The fourth-order valence-corrected chi connectivity index (χ4v) is 3.42. The zero-order valence-corrected chi connectivity index (χ0v) is 17.6. The molecule has 33 heavy (non-hydrogen) atoms. The third-order valence-corrected chi connectivity index (χ3v) is 5.09. The molecule has 3 aromatic rings. The number of hydrogen-bond donors (Lipinski definition) is 2. The molecule has 4 rings (SSSR count). The molecule has 8 nitrogen and oxygen atoms in total. The largest absolute Gasteiger partial charge is 0.417 e. The van der Waals surface area contributed by atoms with E-state index in [1.54, 1.807) is 12.4 Å². The number of carbonyl (C=O) groups is 1. The lowest BCUT2D eigenvalue weighted by molar-refractivity contribution is -0.137. The van der Waals surface area contributed by atoms with E-state index in [9.17, 15) is 18.0 Å². The van der Waals surface area contributed by atoms with Gasteiger partial charge in [-0.3, -0.25) is 9.78 Å². The van der Waals surface area contributed by atoms with Crippen LogP contribution in [0.15, 0.2) is 55.1 Å². The van der Waals surface area contributed by atoms with Crippen molar-refractivity contribution in [1.82, 2.24) is 15.0 Å². The van der Waals surface area contributed by atoms with Crippen molar-refractivity contribution in [2.24, 2.45) is 0 Å². The molecule has 172 valence electrons. The number of alkyl halides is 3. The first kappa shape index (κ1) is 22.5. The molecule has 0 radical (unpaired) electrons. The summed E-state index contributed by atoms with van der Waals surface area (Å²) in [6.07, 6.45) is 0.942. The number of halogens is 3. The SMILES string of the molecule is CC1COCCN1c1ccncc1NC(=O)c1ccnc(Nc2ccc(C(F)(F)F)cn2)c1. The van der Waals surface area contributed by atoms with Gasteiger partial charge in [-0.2, -0.15) is 13.2 Å². The third kappa shape index (κ3) is 5.37. The second kappa shape index (κ2) is 9.41. The van der Waals surface area contributed by atoms with Crippen LogP contribution in [0.5, 0.6) is 0 Å². The Morgan fingerprint density at radius 3 is 2.70 bits per heavy atom. The van der Waals surface area contributed by atoms with Crippen molar-refractivity contribution in [3.8, 4) is 0 Å². The summed E-state index contributed by atoms with van der Waals surface area (Å²) in [7, 11) is 0. The van der Waals surface area contributed by atoms with Gasteiger partial charge in [-0.05, 0) is 37.3 Å². The number of nitrogens with one attached hydrogen (secondary N) is 2. The van der Waals surface area contributed by atoms with Crippen molar-refractivity contribution < 1.29 is 22.7 Å². The molecule has 0 spiro atoms. The molecular weight excluding hydrogens is 437 g/mol. The van der Waals surface area contributed by atoms with Crippen LogP contribution >= 0.6 is 0 Å². The van der Waals surface area contributed by atoms with Crippen LogP contribution in [0, 0.1) is 0 Å². The van der Waals surface area contributed by atoms with Gasteiger partial charge in [0.25, 0.3) is 5.91 Å². The summed E-state index contributed by atoms with van der Waals surface area (Å²) in [5, 5.41) is 5.69. The zero-order chi connectivity index (χ0) is 23.4. The molecule has 0 bridgehead atoms. The lowest BCUT2D eigenvalue weighted by Crippen LogP contribution is -2.44. The van der Waals surface area contributed by atoms with E-state index in [0.29, 0.717) is 31.0 Å². The summed E-state index contributed by atoms with van der Waals surface area (Å²) in [5.41, 5.74) is 0.864. The minimum absolute atomic E-state index is 0.143. The molecule has 0 saturated carbocycles. The van der Waals surface area contributed by atoms with Gasteiger partial charge in [0.1, 0.15) is 11.6 Å². The van der Waals surface area contributed by atoms with Crippen LogP contribution in [0.2, 0.25) is 0 Å².